The van der Waals surface area contributed by atoms with Gasteiger partial charge in [-0.25, -0.2) is 5.01 Å². The number of alkyl halides is 6. The van der Waals surface area contributed by atoms with E-state index in [9.17, 15) is 35.9 Å². The Labute approximate surface area is 277 Å². The fourth-order valence-corrected chi connectivity index (χ4v) is 7.23. The third-order valence-electron chi connectivity index (χ3n) is 9.28. The van der Waals surface area contributed by atoms with Gasteiger partial charge in [-0.3, -0.25) is 9.59 Å². The van der Waals surface area contributed by atoms with Crippen molar-refractivity contribution < 1.29 is 40.7 Å². The minimum atomic E-state index is -5.08. The molecule has 49 heavy (non-hydrogen) atoms. The van der Waals surface area contributed by atoms with E-state index in [2.05, 4.69) is 41.5 Å². The van der Waals surface area contributed by atoms with Crippen LogP contribution in [0.5, 0.6) is 0 Å². The highest BCUT2D eigenvalue weighted by atomic mass is 19.4. The van der Waals surface area contributed by atoms with E-state index in [-0.39, 0.29) is 36.8 Å². The van der Waals surface area contributed by atoms with E-state index in [4.69, 9.17) is 9.84 Å². The summed E-state index contributed by atoms with van der Waals surface area (Å²) >= 11 is 0. The summed E-state index contributed by atoms with van der Waals surface area (Å²) < 4.78 is 87.4. The van der Waals surface area contributed by atoms with E-state index in [1.54, 1.807) is 6.07 Å². The SMILES string of the molecule is Cc1cc(C)c(N2CN3C(=N2)CO[C@H]2Cc4ccc(NC5=C(Nc6cc(C(F)(F)F)cc(C(F)(F)F)c6)C(=O)C(=O)CC5)cc4[C@H]23)c(C)c1. The van der Waals surface area contributed by atoms with Gasteiger partial charge in [-0.05, 0) is 79.8 Å². The van der Waals surface area contributed by atoms with Gasteiger partial charge in [0.2, 0.25) is 11.6 Å². The first-order valence-electron chi connectivity index (χ1n) is 15.6. The van der Waals surface area contributed by atoms with Crippen molar-refractivity contribution in [3.63, 3.8) is 0 Å². The predicted molar refractivity (Wildman–Crippen MR) is 170 cm³/mol. The maximum absolute atomic E-state index is 13.5. The molecule has 256 valence electrons. The van der Waals surface area contributed by atoms with E-state index in [0.29, 0.717) is 37.5 Å². The average Bonchev–Trinajstić information content (AvgIpc) is 3.60. The number of hydrazone groups is 1. The molecule has 0 saturated carbocycles. The normalized spacial score (nSPS) is 20.7. The quantitative estimate of drug-likeness (QED) is 0.214. The number of hydrogen-bond donors (Lipinski definition) is 2. The Hall–Kier alpha value is -4.85. The Morgan fingerprint density at radius 3 is 2.16 bits per heavy atom. The fourth-order valence-electron chi connectivity index (χ4n) is 7.23. The Bertz CT molecular complexity index is 1910. The Morgan fingerprint density at radius 2 is 1.51 bits per heavy atom. The van der Waals surface area contributed by atoms with Gasteiger partial charge in [0.15, 0.2) is 5.84 Å². The summed E-state index contributed by atoms with van der Waals surface area (Å²) in [5.41, 5.74) is 2.99. The second-order valence-corrected chi connectivity index (χ2v) is 12.8. The number of allylic oxidation sites excluding steroid dienone is 2. The molecular weight excluding hydrogens is 652 g/mol. The number of nitrogens with zero attached hydrogens (tertiary/aromatic N) is 3. The Kier molecular flexibility index (Phi) is 7.77. The van der Waals surface area contributed by atoms with Crippen LogP contribution in [0.15, 0.2) is 65.0 Å². The maximum Gasteiger partial charge on any atom is 0.416 e. The lowest BCUT2D eigenvalue weighted by Gasteiger charge is -2.37. The second-order valence-electron chi connectivity index (χ2n) is 12.8. The van der Waals surface area contributed by atoms with Crippen LogP contribution in [0.4, 0.5) is 43.4 Å². The van der Waals surface area contributed by atoms with Crippen LogP contribution in [0, 0.1) is 20.8 Å². The average molecular weight is 684 g/mol. The second kappa shape index (κ2) is 11.6. The molecule has 1 saturated heterocycles. The molecule has 2 N–H and O–H groups in total. The van der Waals surface area contributed by atoms with Gasteiger partial charge in [0, 0.05) is 29.9 Å². The van der Waals surface area contributed by atoms with Crippen molar-refractivity contribution in [2.45, 2.75) is 64.5 Å². The van der Waals surface area contributed by atoms with Crippen LogP contribution in [0.1, 0.15) is 57.8 Å². The number of ether oxygens (including phenoxy) is 1. The number of Topliss-reactive ketones (excluding diaryl/α,β-unsaturated/α-hetero) is 2. The van der Waals surface area contributed by atoms with Gasteiger partial charge >= 0.3 is 12.4 Å². The van der Waals surface area contributed by atoms with E-state index in [0.717, 1.165) is 39.3 Å². The van der Waals surface area contributed by atoms with Crippen molar-refractivity contribution in [3.8, 4) is 0 Å². The topological polar surface area (TPSA) is 86.3 Å². The highest BCUT2D eigenvalue weighted by Gasteiger charge is 2.46. The fraction of sp³-hybridized carbons (Fsp3) is 0.343. The third kappa shape index (κ3) is 6.02. The van der Waals surface area contributed by atoms with Gasteiger partial charge < -0.3 is 20.3 Å². The summed E-state index contributed by atoms with van der Waals surface area (Å²) in [6.45, 7) is 7.02. The molecule has 3 aromatic carbocycles. The Balaban J connectivity index is 1.20. The predicted octanol–water partition coefficient (Wildman–Crippen LogP) is 7.41. The zero-order chi connectivity index (χ0) is 35.0. The van der Waals surface area contributed by atoms with Crippen LogP contribution in [-0.4, -0.2) is 41.7 Å². The molecule has 7 rings (SSSR count). The number of halogens is 6. The minimum Gasteiger partial charge on any atom is -0.367 e. The molecule has 2 aliphatic heterocycles. The molecule has 0 unspecified atom stereocenters. The van der Waals surface area contributed by atoms with E-state index < -0.39 is 46.4 Å². The van der Waals surface area contributed by atoms with Gasteiger partial charge in [0.1, 0.15) is 19.0 Å². The summed E-state index contributed by atoms with van der Waals surface area (Å²) in [6.07, 6.45) is -9.81. The molecule has 4 aliphatic rings. The number of fused-ring (bicyclic) bond motifs is 5. The van der Waals surface area contributed by atoms with Crippen molar-refractivity contribution in [1.82, 2.24) is 4.90 Å². The lowest BCUT2D eigenvalue weighted by Crippen LogP contribution is -2.46. The monoisotopic (exact) mass is 683 g/mol. The van der Waals surface area contributed by atoms with Gasteiger partial charge in [-0.1, -0.05) is 23.8 Å². The zero-order valence-electron chi connectivity index (χ0n) is 26.6. The van der Waals surface area contributed by atoms with Crippen molar-refractivity contribution >= 4 is 34.5 Å². The lowest BCUT2D eigenvalue weighted by molar-refractivity contribution is -0.143. The number of benzene rings is 3. The molecule has 0 amide bonds. The summed E-state index contributed by atoms with van der Waals surface area (Å²) in [7, 11) is 0. The first-order valence-corrected chi connectivity index (χ1v) is 15.6. The molecular formula is C35H31F6N5O3. The lowest BCUT2D eigenvalue weighted by atomic mass is 9.97. The molecule has 2 aliphatic carbocycles. The molecule has 0 bridgehead atoms. The summed E-state index contributed by atoms with van der Waals surface area (Å²) in [5.74, 6) is -1.06. The third-order valence-corrected chi connectivity index (χ3v) is 9.28. The molecule has 2 heterocycles. The smallest absolute Gasteiger partial charge is 0.367 e. The van der Waals surface area contributed by atoms with Crippen LogP contribution >= 0.6 is 0 Å². The van der Waals surface area contributed by atoms with Gasteiger partial charge in [0.25, 0.3) is 0 Å². The van der Waals surface area contributed by atoms with Gasteiger partial charge in [-0.15, -0.1) is 0 Å². The van der Waals surface area contributed by atoms with E-state index in [1.165, 1.54) is 0 Å². The maximum atomic E-state index is 13.5. The van der Waals surface area contributed by atoms with Crippen LogP contribution < -0.4 is 15.6 Å². The van der Waals surface area contributed by atoms with Crippen LogP contribution in [0.3, 0.4) is 0 Å². The van der Waals surface area contributed by atoms with Crippen LogP contribution in [-0.2, 0) is 33.1 Å². The van der Waals surface area contributed by atoms with Crippen molar-refractivity contribution in [2.24, 2.45) is 5.10 Å². The zero-order valence-corrected chi connectivity index (χ0v) is 26.6. The number of aryl methyl sites for hydroxylation is 3. The number of carbonyl (C=O) groups is 2. The Morgan fingerprint density at radius 1 is 0.837 bits per heavy atom. The summed E-state index contributed by atoms with van der Waals surface area (Å²) in [4.78, 5) is 27.6. The molecule has 3 aromatic rings. The van der Waals surface area contributed by atoms with Gasteiger partial charge in [-0.2, -0.15) is 31.4 Å². The van der Waals surface area contributed by atoms with Crippen molar-refractivity contribution in [3.05, 3.63) is 98.9 Å². The van der Waals surface area contributed by atoms with E-state index in [1.807, 2.05) is 24.1 Å². The molecule has 0 spiro atoms. The first kappa shape index (κ1) is 32.7. The number of ketones is 2. The molecule has 1 fully saturated rings. The summed E-state index contributed by atoms with van der Waals surface area (Å²) in [6, 6.07) is 10.6. The highest BCUT2D eigenvalue weighted by molar-refractivity contribution is 6.45. The van der Waals surface area contributed by atoms with Crippen molar-refractivity contribution in [2.75, 3.05) is 28.9 Å². The number of amidine groups is 1. The standard InChI is InChI=1S/C35H31F6N5O3/c1-17-8-18(2)31(19(3)9-17)46-16-45-29(44-46)15-49-28-10-20-4-5-23(14-25(20)32(28)45)42-26-6-7-27(47)33(48)30(26)43-24-12-21(34(36,37)38)11-22(13-24)35(39,40)41/h4-5,8-9,11-14,28,32,42-43H,6-7,10,15-16H2,1-3H3/t28-,32+/m0/s1. The van der Waals surface area contributed by atoms with Gasteiger partial charge in [0.05, 0.1) is 29.0 Å². The van der Waals surface area contributed by atoms with E-state index >= 15 is 0 Å². The largest absolute Gasteiger partial charge is 0.416 e. The summed E-state index contributed by atoms with van der Waals surface area (Å²) in [5, 5.41) is 12.4. The molecule has 8 nitrogen and oxygen atoms in total. The van der Waals surface area contributed by atoms with Crippen molar-refractivity contribution in [1.29, 1.82) is 0 Å². The number of hydrogen-bond acceptors (Lipinski definition) is 8. The minimum absolute atomic E-state index is 0.00181. The number of anilines is 3. The number of carbonyl (C=O) groups excluding carboxylic acids is 2. The molecule has 0 radical (unpaired) electrons. The first-order chi connectivity index (χ1) is 23.1. The number of nitrogens with one attached hydrogen (secondary N) is 2. The molecule has 0 aromatic heterocycles. The molecule has 2 atom stereocenters. The highest BCUT2D eigenvalue weighted by Crippen LogP contribution is 2.44. The van der Waals surface area contributed by atoms with Crippen LogP contribution in [0.25, 0.3) is 0 Å². The number of morpholine rings is 1. The molecule has 14 heteroatoms. The van der Waals surface area contributed by atoms with Crippen LogP contribution in [0.2, 0.25) is 0 Å². The number of rotatable bonds is 5.